The van der Waals surface area contributed by atoms with Crippen LogP contribution in [-0.4, -0.2) is 35.5 Å². The summed E-state index contributed by atoms with van der Waals surface area (Å²) in [6, 6.07) is 1.68. The van der Waals surface area contributed by atoms with Crippen LogP contribution in [0.15, 0.2) is 18.5 Å². The number of anilines is 1. The van der Waals surface area contributed by atoms with Crippen molar-refractivity contribution in [3.05, 3.63) is 18.5 Å². The standard InChI is InChI=1S/C10H14F2N4/c11-10(12)7-13-5-2-8(10)6-16-9-14-3-1-4-15-9/h1,3-4,8,13H,2,5-7H2,(H,14,15,16). The molecule has 2 rings (SSSR count). The molecule has 1 atom stereocenters. The van der Waals surface area contributed by atoms with Crippen LogP contribution >= 0.6 is 0 Å². The molecule has 1 saturated heterocycles. The first-order valence-electron chi connectivity index (χ1n) is 5.28. The quantitative estimate of drug-likeness (QED) is 0.814. The van der Waals surface area contributed by atoms with Crippen LogP contribution in [0.5, 0.6) is 0 Å². The summed E-state index contributed by atoms with van der Waals surface area (Å²) in [5.41, 5.74) is 0. The van der Waals surface area contributed by atoms with Crippen LogP contribution in [0.4, 0.5) is 14.7 Å². The topological polar surface area (TPSA) is 49.8 Å². The number of piperidine rings is 1. The van der Waals surface area contributed by atoms with Crippen molar-refractivity contribution in [3.63, 3.8) is 0 Å². The van der Waals surface area contributed by atoms with E-state index in [2.05, 4.69) is 20.6 Å². The molecule has 2 heterocycles. The Morgan fingerprint density at radius 2 is 2.19 bits per heavy atom. The lowest BCUT2D eigenvalue weighted by molar-refractivity contribution is -0.0678. The molecule has 0 amide bonds. The van der Waals surface area contributed by atoms with E-state index in [1.54, 1.807) is 18.5 Å². The second-order valence-electron chi connectivity index (χ2n) is 3.88. The van der Waals surface area contributed by atoms with Gasteiger partial charge in [0.1, 0.15) is 0 Å². The van der Waals surface area contributed by atoms with Crippen molar-refractivity contribution in [2.75, 3.05) is 25.0 Å². The largest absolute Gasteiger partial charge is 0.354 e. The van der Waals surface area contributed by atoms with E-state index in [-0.39, 0.29) is 13.1 Å². The van der Waals surface area contributed by atoms with Crippen molar-refractivity contribution in [3.8, 4) is 0 Å². The number of hydrogen-bond acceptors (Lipinski definition) is 4. The third-order valence-corrected chi connectivity index (χ3v) is 2.70. The van der Waals surface area contributed by atoms with E-state index in [9.17, 15) is 8.78 Å². The number of nitrogens with zero attached hydrogens (tertiary/aromatic N) is 2. The number of rotatable bonds is 3. The molecule has 0 aromatic carbocycles. The minimum atomic E-state index is -2.65. The summed E-state index contributed by atoms with van der Waals surface area (Å²) in [4.78, 5) is 7.86. The van der Waals surface area contributed by atoms with Gasteiger partial charge >= 0.3 is 0 Å². The second-order valence-corrected chi connectivity index (χ2v) is 3.88. The molecule has 1 aromatic rings. The van der Waals surface area contributed by atoms with Crippen LogP contribution in [0.3, 0.4) is 0 Å². The first-order chi connectivity index (χ1) is 7.68. The fourth-order valence-electron chi connectivity index (χ4n) is 1.74. The summed E-state index contributed by atoms with van der Waals surface area (Å²) in [6.07, 6.45) is 3.62. The lowest BCUT2D eigenvalue weighted by Gasteiger charge is -2.31. The molecule has 1 unspecified atom stereocenters. The predicted molar refractivity (Wildman–Crippen MR) is 56.4 cm³/mol. The van der Waals surface area contributed by atoms with Gasteiger partial charge in [0.05, 0.1) is 6.54 Å². The van der Waals surface area contributed by atoms with Gasteiger partial charge in [-0.1, -0.05) is 0 Å². The summed E-state index contributed by atoms with van der Waals surface area (Å²) in [6.45, 7) is 0.602. The Bertz CT molecular complexity index is 331. The van der Waals surface area contributed by atoms with Crippen LogP contribution in [0.2, 0.25) is 0 Å². The second kappa shape index (κ2) is 4.69. The SMILES string of the molecule is FC1(F)CNCCC1CNc1ncccn1. The van der Waals surface area contributed by atoms with E-state index >= 15 is 0 Å². The average Bonchev–Trinajstić information content (AvgIpc) is 2.28. The first kappa shape index (κ1) is 11.2. The zero-order chi connectivity index (χ0) is 11.4. The van der Waals surface area contributed by atoms with Gasteiger partial charge in [-0.3, -0.25) is 0 Å². The molecule has 2 N–H and O–H groups in total. The molecule has 16 heavy (non-hydrogen) atoms. The highest BCUT2D eigenvalue weighted by Crippen LogP contribution is 2.29. The van der Waals surface area contributed by atoms with Gasteiger partial charge in [0.25, 0.3) is 5.92 Å². The number of halogens is 2. The summed E-state index contributed by atoms with van der Waals surface area (Å²) in [5.74, 6) is -2.91. The molecule has 1 aliphatic rings. The van der Waals surface area contributed by atoms with Gasteiger partial charge in [0, 0.05) is 24.9 Å². The van der Waals surface area contributed by atoms with Gasteiger partial charge in [0.2, 0.25) is 5.95 Å². The van der Waals surface area contributed by atoms with Gasteiger partial charge in [-0.05, 0) is 19.0 Å². The van der Waals surface area contributed by atoms with E-state index in [0.717, 1.165) is 0 Å². The van der Waals surface area contributed by atoms with Crippen molar-refractivity contribution in [1.82, 2.24) is 15.3 Å². The third kappa shape index (κ3) is 2.63. The highest BCUT2D eigenvalue weighted by molar-refractivity contribution is 5.22. The van der Waals surface area contributed by atoms with Gasteiger partial charge in [-0.2, -0.15) is 0 Å². The maximum Gasteiger partial charge on any atom is 0.264 e. The highest BCUT2D eigenvalue weighted by atomic mass is 19.3. The van der Waals surface area contributed by atoms with Gasteiger partial charge < -0.3 is 10.6 Å². The van der Waals surface area contributed by atoms with Crippen LogP contribution in [0, 0.1) is 5.92 Å². The Labute approximate surface area is 92.5 Å². The van der Waals surface area contributed by atoms with E-state index in [0.29, 0.717) is 18.9 Å². The fraction of sp³-hybridized carbons (Fsp3) is 0.600. The molecule has 0 saturated carbocycles. The average molecular weight is 228 g/mol. The van der Waals surface area contributed by atoms with Crippen molar-refractivity contribution < 1.29 is 8.78 Å². The van der Waals surface area contributed by atoms with Crippen LogP contribution in [0.25, 0.3) is 0 Å². The lowest BCUT2D eigenvalue weighted by Crippen LogP contribution is -2.48. The van der Waals surface area contributed by atoms with Crippen LogP contribution in [0.1, 0.15) is 6.42 Å². The van der Waals surface area contributed by atoms with Crippen molar-refractivity contribution in [2.45, 2.75) is 12.3 Å². The van der Waals surface area contributed by atoms with E-state index in [1.165, 1.54) is 0 Å². The number of aromatic nitrogens is 2. The molecular formula is C10H14F2N4. The number of hydrogen-bond donors (Lipinski definition) is 2. The molecule has 1 fully saturated rings. The Balaban J connectivity index is 1.90. The number of alkyl halides is 2. The number of nitrogens with one attached hydrogen (secondary N) is 2. The van der Waals surface area contributed by atoms with Crippen molar-refractivity contribution in [1.29, 1.82) is 0 Å². The van der Waals surface area contributed by atoms with Gasteiger partial charge in [-0.15, -0.1) is 0 Å². The molecule has 1 aromatic heterocycles. The zero-order valence-corrected chi connectivity index (χ0v) is 8.79. The Morgan fingerprint density at radius 1 is 1.44 bits per heavy atom. The monoisotopic (exact) mass is 228 g/mol. The minimum Gasteiger partial charge on any atom is -0.354 e. The smallest absolute Gasteiger partial charge is 0.264 e. The molecule has 1 aliphatic heterocycles. The van der Waals surface area contributed by atoms with Crippen molar-refractivity contribution >= 4 is 5.95 Å². The first-order valence-corrected chi connectivity index (χ1v) is 5.28. The van der Waals surface area contributed by atoms with E-state index < -0.39 is 11.8 Å². The summed E-state index contributed by atoms with van der Waals surface area (Å²) in [7, 11) is 0. The molecule has 88 valence electrons. The highest BCUT2D eigenvalue weighted by Gasteiger charge is 2.41. The van der Waals surface area contributed by atoms with Gasteiger partial charge in [-0.25, -0.2) is 18.7 Å². The lowest BCUT2D eigenvalue weighted by atomic mass is 9.94. The molecule has 0 spiro atoms. The molecule has 0 radical (unpaired) electrons. The normalized spacial score (nSPS) is 24.0. The Hall–Kier alpha value is -1.30. The Kier molecular flexibility index (Phi) is 3.28. The summed E-state index contributed by atoms with van der Waals surface area (Å²) >= 11 is 0. The van der Waals surface area contributed by atoms with E-state index in [1.807, 2.05) is 0 Å². The van der Waals surface area contributed by atoms with Crippen molar-refractivity contribution in [2.24, 2.45) is 5.92 Å². The fourth-order valence-corrected chi connectivity index (χ4v) is 1.74. The Morgan fingerprint density at radius 3 is 2.88 bits per heavy atom. The molecule has 6 heteroatoms. The van der Waals surface area contributed by atoms with E-state index in [4.69, 9.17) is 0 Å². The van der Waals surface area contributed by atoms with Gasteiger partial charge in [0.15, 0.2) is 0 Å². The zero-order valence-electron chi connectivity index (χ0n) is 8.79. The minimum absolute atomic E-state index is 0.207. The predicted octanol–water partition coefficient (Wildman–Crippen LogP) is 1.13. The van der Waals surface area contributed by atoms with Crippen LogP contribution < -0.4 is 10.6 Å². The summed E-state index contributed by atoms with van der Waals surface area (Å²) in [5, 5.41) is 5.53. The molecule has 0 aliphatic carbocycles. The third-order valence-electron chi connectivity index (χ3n) is 2.70. The van der Waals surface area contributed by atoms with Crippen LogP contribution in [-0.2, 0) is 0 Å². The molecular weight excluding hydrogens is 214 g/mol. The molecule has 4 nitrogen and oxygen atoms in total. The summed E-state index contributed by atoms with van der Waals surface area (Å²) < 4.78 is 26.9. The maximum absolute atomic E-state index is 13.4. The maximum atomic E-state index is 13.4. The molecule has 0 bridgehead atoms.